The summed E-state index contributed by atoms with van der Waals surface area (Å²) < 4.78 is 0.219. The largest absolute Gasteiger partial charge is 0.378 e. The van der Waals surface area contributed by atoms with E-state index in [-0.39, 0.29) is 5.69 Å². The molecule has 2 rings (SSSR count). The highest BCUT2D eigenvalue weighted by Crippen LogP contribution is 2.31. The van der Waals surface area contributed by atoms with Crippen molar-refractivity contribution in [1.29, 1.82) is 0 Å². The highest BCUT2D eigenvalue weighted by atomic mass is 32.1. The van der Waals surface area contributed by atoms with E-state index in [2.05, 4.69) is 5.32 Å². The van der Waals surface area contributed by atoms with E-state index in [0.717, 1.165) is 22.6 Å². The minimum absolute atomic E-state index is 0.316. The quantitative estimate of drug-likeness (QED) is 0.675. The summed E-state index contributed by atoms with van der Waals surface area (Å²) in [6, 6.07) is 7.20. The van der Waals surface area contributed by atoms with Crippen LogP contribution < -0.4 is 10.1 Å². The summed E-state index contributed by atoms with van der Waals surface area (Å²) in [6.07, 6.45) is 0. The first-order valence-corrected chi connectivity index (χ1v) is 6.91. The van der Waals surface area contributed by atoms with Gasteiger partial charge in [-0.25, -0.2) is 0 Å². The van der Waals surface area contributed by atoms with E-state index >= 15 is 0 Å². The van der Waals surface area contributed by atoms with Crippen molar-refractivity contribution in [2.45, 2.75) is 0 Å². The van der Waals surface area contributed by atoms with E-state index < -0.39 is 9.67 Å². The van der Waals surface area contributed by atoms with Crippen molar-refractivity contribution in [1.82, 2.24) is 4.90 Å². The van der Waals surface area contributed by atoms with E-state index in [0.29, 0.717) is 17.6 Å². The lowest BCUT2D eigenvalue weighted by Gasteiger charge is -2.12. The summed E-state index contributed by atoms with van der Waals surface area (Å²) in [4.78, 5) is 24.4. The monoisotopic (exact) mass is 293 g/mol. The van der Waals surface area contributed by atoms with Crippen molar-refractivity contribution in [3.8, 4) is 0 Å². The van der Waals surface area contributed by atoms with Crippen molar-refractivity contribution in [2.24, 2.45) is 0 Å². The molecular weight excluding hydrogens is 278 g/mol. The molecule has 0 saturated carbocycles. The molecule has 1 heterocycles. The lowest BCUT2D eigenvalue weighted by molar-refractivity contribution is -0.384. The van der Waals surface area contributed by atoms with Crippen LogP contribution in [0.4, 0.5) is 11.4 Å². The molecule has 6 nitrogen and oxygen atoms in total. The maximum absolute atomic E-state index is 11.9. The fourth-order valence-corrected chi connectivity index (χ4v) is 2.79. The topological polar surface area (TPSA) is 75.5 Å². The van der Waals surface area contributed by atoms with Crippen LogP contribution in [0.2, 0.25) is 0 Å². The third-order valence-electron chi connectivity index (χ3n) is 2.83. The summed E-state index contributed by atoms with van der Waals surface area (Å²) in [6.45, 7) is 1.25. The number of fused-ring (bicyclic) bond motifs is 1. The Labute approximate surface area is 119 Å². The van der Waals surface area contributed by atoms with Gasteiger partial charge in [-0.1, -0.05) is 29.5 Å². The van der Waals surface area contributed by atoms with Crippen LogP contribution in [0, 0.1) is 10.1 Å². The SMILES string of the molecule is CN(C)CCNc1c([N+](=O)[O-])c(=O)sc2ccccc12. The smallest absolute Gasteiger partial charge is 0.350 e. The van der Waals surface area contributed by atoms with Gasteiger partial charge in [0.2, 0.25) is 0 Å². The second kappa shape index (κ2) is 5.98. The summed E-state index contributed by atoms with van der Waals surface area (Å²) in [5.41, 5.74) is -0.0522. The van der Waals surface area contributed by atoms with Gasteiger partial charge in [0.15, 0.2) is 0 Å². The molecule has 0 amide bonds. The van der Waals surface area contributed by atoms with E-state index in [4.69, 9.17) is 0 Å². The standard InChI is InChI=1S/C13H15N3O3S/c1-15(2)8-7-14-11-9-5-3-4-6-10(9)20-13(17)12(11)16(18)19/h3-6,14H,7-8H2,1-2H3. The van der Waals surface area contributed by atoms with Gasteiger partial charge < -0.3 is 10.2 Å². The molecule has 7 heteroatoms. The number of nitrogens with one attached hydrogen (secondary N) is 1. The molecule has 1 aromatic carbocycles. The van der Waals surface area contributed by atoms with Gasteiger partial charge >= 0.3 is 10.4 Å². The molecule has 1 N–H and O–H groups in total. The average molecular weight is 293 g/mol. The number of likely N-dealkylation sites (N-methyl/N-ethyl adjacent to an activating group) is 1. The molecule has 0 aliphatic heterocycles. The summed E-state index contributed by atoms with van der Waals surface area (Å²) in [5, 5.41) is 14.9. The second-order valence-electron chi connectivity index (χ2n) is 4.60. The van der Waals surface area contributed by atoms with E-state index in [9.17, 15) is 14.9 Å². The molecule has 2 aromatic rings. The van der Waals surface area contributed by atoms with E-state index in [1.165, 1.54) is 0 Å². The highest BCUT2D eigenvalue weighted by Gasteiger charge is 2.22. The first-order valence-electron chi connectivity index (χ1n) is 6.09. The Kier molecular flexibility index (Phi) is 4.31. The van der Waals surface area contributed by atoms with Crippen molar-refractivity contribution in [3.05, 3.63) is 43.9 Å². The number of rotatable bonds is 5. The minimum atomic E-state index is -0.608. The van der Waals surface area contributed by atoms with Gasteiger partial charge in [0.05, 0.1) is 4.92 Å². The van der Waals surface area contributed by atoms with Gasteiger partial charge in [0.25, 0.3) is 0 Å². The van der Waals surface area contributed by atoms with Crippen molar-refractivity contribution < 1.29 is 4.92 Å². The molecule has 20 heavy (non-hydrogen) atoms. The fraction of sp³-hybridized carbons (Fsp3) is 0.308. The number of hydrogen-bond donors (Lipinski definition) is 1. The summed E-state index contributed by atoms with van der Waals surface area (Å²) in [5.74, 6) is 0. The van der Waals surface area contributed by atoms with Crippen LogP contribution in [-0.2, 0) is 0 Å². The number of nitro groups is 1. The van der Waals surface area contributed by atoms with Crippen molar-refractivity contribution in [3.63, 3.8) is 0 Å². The van der Waals surface area contributed by atoms with Crippen LogP contribution >= 0.6 is 11.3 Å². The Hall–Kier alpha value is -1.99. The zero-order chi connectivity index (χ0) is 14.7. The molecular formula is C13H15N3O3S. The first kappa shape index (κ1) is 14.4. The lowest BCUT2D eigenvalue weighted by atomic mass is 10.2. The molecule has 0 unspecified atom stereocenters. The summed E-state index contributed by atoms with van der Waals surface area (Å²) >= 11 is 0.903. The first-order chi connectivity index (χ1) is 9.50. The number of hydrogen-bond acceptors (Lipinski definition) is 6. The highest BCUT2D eigenvalue weighted by molar-refractivity contribution is 7.16. The molecule has 0 atom stereocenters. The van der Waals surface area contributed by atoms with Crippen LogP contribution in [0.1, 0.15) is 0 Å². The Morgan fingerprint density at radius 3 is 2.70 bits per heavy atom. The molecule has 0 fully saturated rings. The zero-order valence-electron chi connectivity index (χ0n) is 11.3. The molecule has 0 spiro atoms. The third-order valence-corrected chi connectivity index (χ3v) is 3.79. The maximum atomic E-state index is 11.9. The van der Waals surface area contributed by atoms with Gasteiger partial charge in [-0.05, 0) is 20.2 Å². The van der Waals surface area contributed by atoms with Gasteiger partial charge in [0.1, 0.15) is 5.69 Å². The Bertz CT molecular complexity index is 697. The minimum Gasteiger partial charge on any atom is -0.378 e. The van der Waals surface area contributed by atoms with Gasteiger partial charge in [-0.15, -0.1) is 0 Å². The molecule has 0 aliphatic carbocycles. The third kappa shape index (κ3) is 2.94. The van der Waals surface area contributed by atoms with Crippen LogP contribution in [0.5, 0.6) is 0 Å². The van der Waals surface area contributed by atoms with Crippen LogP contribution in [0.25, 0.3) is 10.1 Å². The van der Waals surface area contributed by atoms with Gasteiger partial charge in [-0.2, -0.15) is 0 Å². The normalized spacial score (nSPS) is 10.9. The second-order valence-corrected chi connectivity index (χ2v) is 5.61. The molecule has 0 aliphatic rings. The molecule has 0 saturated heterocycles. The molecule has 1 aromatic heterocycles. The number of anilines is 1. The molecule has 0 radical (unpaired) electrons. The number of benzene rings is 1. The van der Waals surface area contributed by atoms with Crippen LogP contribution in [0.3, 0.4) is 0 Å². The maximum Gasteiger partial charge on any atom is 0.350 e. The molecule has 0 bridgehead atoms. The van der Waals surface area contributed by atoms with E-state index in [1.54, 1.807) is 18.2 Å². The molecule has 106 valence electrons. The number of nitrogens with zero attached hydrogens (tertiary/aromatic N) is 2. The van der Waals surface area contributed by atoms with Gasteiger partial charge in [-0.3, -0.25) is 14.9 Å². The predicted molar refractivity (Wildman–Crippen MR) is 81.8 cm³/mol. The Balaban J connectivity index is 2.54. The van der Waals surface area contributed by atoms with Crippen LogP contribution in [-0.4, -0.2) is 37.0 Å². The Morgan fingerprint density at radius 1 is 1.35 bits per heavy atom. The van der Waals surface area contributed by atoms with Crippen LogP contribution in [0.15, 0.2) is 29.1 Å². The lowest BCUT2D eigenvalue weighted by Crippen LogP contribution is -2.22. The van der Waals surface area contributed by atoms with Crippen molar-refractivity contribution >= 4 is 32.8 Å². The van der Waals surface area contributed by atoms with Gasteiger partial charge in [0, 0.05) is 23.2 Å². The zero-order valence-corrected chi connectivity index (χ0v) is 12.1. The Morgan fingerprint density at radius 2 is 2.05 bits per heavy atom. The summed E-state index contributed by atoms with van der Waals surface area (Å²) in [7, 11) is 3.83. The van der Waals surface area contributed by atoms with E-state index in [1.807, 2.05) is 25.1 Å². The van der Waals surface area contributed by atoms with Crippen molar-refractivity contribution in [2.75, 3.05) is 32.5 Å². The fourth-order valence-electron chi connectivity index (χ4n) is 1.89. The average Bonchev–Trinajstić information content (AvgIpc) is 2.37. The predicted octanol–water partition coefficient (Wildman–Crippen LogP) is 2.14.